The molecule has 0 aliphatic heterocycles. The molecular weight excluding hydrogens is 337 g/mol. The lowest BCUT2D eigenvalue weighted by Crippen LogP contribution is -2.24. The Kier molecular flexibility index (Phi) is 6.38. The van der Waals surface area contributed by atoms with Crippen molar-refractivity contribution in [2.24, 2.45) is 0 Å². The van der Waals surface area contributed by atoms with Crippen molar-refractivity contribution in [2.75, 3.05) is 13.1 Å². The van der Waals surface area contributed by atoms with Gasteiger partial charge in [0, 0.05) is 12.1 Å². The molecule has 3 aromatic carbocycles. The third-order valence-corrected chi connectivity index (χ3v) is 4.85. The molecule has 3 rings (SSSR count). The lowest BCUT2D eigenvalue weighted by atomic mass is 9.97. The zero-order valence-electron chi connectivity index (χ0n) is 15.9. The number of halogens is 1. The van der Waals surface area contributed by atoms with E-state index < -0.39 is 6.10 Å². The second-order valence-electron chi connectivity index (χ2n) is 7.01. The summed E-state index contributed by atoms with van der Waals surface area (Å²) in [6.45, 7) is 5.31. The zero-order valence-corrected chi connectivity index (χ0v) is 15.9. The van der Waals surface area contributed by atoms with E-state index >= 15 is 0 Å². The van der Waals surface area contributed by atoms with Crippen LogP contribution in [-0.2, 0) is 6.42 Å². The number of aliphatic hydroxyl groups is 1. The van der Waals surface area contributed by atoms with E-state index in [0.29, 0.717) is 12.1 Å². The van der Waals surface area contributed by atoms with Crippen molar-refractivity contribution in [3.63, 3.8) is 0 Å². The number of benzene rings is 3. The molecule has 3 aromatic rings. The van der Waals surface area contributed by atoms with E-state index in [9.17, 15) is 9.50 Å². The molecule has 0 aromatic heterocycles. The van der Waals surface area contributed by atoms with Gasteiger partial charge < -0.3 is 10.4 Å². The quantitative estimate of drug-likeness (QED) is 0.581. The Hall–Kier alpha value is -2.49. The highest BCUT2D eigenvalue weighted by Gasteiger charge is 2.11. The third kappa shape index (κ3) is 5.03. The van der Waals surface area contributed by atoms with E-state index in [-0.39, 0.29) is 5.82 Å². The lowest BCUT2D eigenvalue weighted by molar-refractivity contribution is 0.170. The number of aryl methyl sites for hydroxylation is 2. The second kappa shape index (κ2) is 8.94. The van der Waals surface area contributed by atoms with Gasteiger partial charge in [0.05, 0.1) is 6.10 Å². The Morgan fingerprint density at radius 2 is 1.70 bits per heavy atom. The molecule has 0 bridgehead atoms. The number of hydrogen-bond donors (Lipinski definition) is 2. The minimum Gasteiger partial charge on any atom is -0.387 e. The third-order valence-electron chi connectivity index (χ3n) is 4.85. The standard InChI is InChI=1S/C24H26FNO/c1-17-7-8-18(2)22(15-17)20-11-9-19(10-12-20)13-14-26-16-24(27)21-5-3-4-6-23(21)25/h3-12,15,24,26-27H,13-14,16H2,1-2H3. The molecule has 3 heteroatoms. The van der Waals surface area contributed by atoms with Gasteiger partial charge in [-0.15, -0.1) is 0 Å². The van der Waals surface area contributed by atoms with Crippen LogP contribution in [0.3, 0.4) is 0 Å². The molecule has 140 valence electrons. The maximum Gasteiger partial charge on any atom is 0.129 e. The molecule has 0 aliphatic rings. The minimum absolute atomic E-state index is 0.335. The van der Waals surface area contributed by atoms with E-state index in [1.807, 2.05) is 0 Å². The first kappa shape index (κ1) is 19.3. The van der Waals surface area contributed by atoms with Crippen LogP contribution >= 0.6 is 0 Å². The van der Waals surface area contributed by atoms with Crippen LogP contribution in [0.15, 0.2) is 66.7 Å². The van der Waals surface area contributed by atoms with E-state index in [4.69, 9.17) is 0 Å². The molecule has 2 N–H and O–H groups in total. The average Bonchev–Trinajstić information content (AvgIpc) is 2.68. The van der Waals surface area contributed by atoms with Gasteiger partial charge in [-0.25, -0.2) is 4.39 Å². The SMILES string of the molecule is Cc1ccc(C)c(-c2ccc(CCNCC(O)c3ccccc3F)cc2)c1. The first-order valence-corrected chi connectivity index (χ1v) is 9.34. The molecular formula is C24H26FNO. The first-order valence-electron chi connectivity index (χ1n) is 9.34. The van der Waals surface area contributed by atoms with Crippen LogP contribution < -0.4 is 5.32 Å². The number of nitrogens with one attached hydrogen (secondary N) is 1. The van der Waals surface area contributed by atoms with Crippen LogP contribution in [0.1, 0.15) is 28.4 Å². The fraction of sp³-hybridized carbons (Fsp3) is 0.250. The summed E-state index contributed by atoms with van der Waals surface area (Å²) >= 11 is 0. The Balaban J connectivity index is 1.52. The van der Waals surface area contributed by atoms with E-state index in [1.165, 1.54) is 33.9 Å². The summed E-state index contributed by atoms with van der Waals surface area (Å²) in [5.74, 6) is -0.367. The Labute approximate surface area is 160 Å². The number of aliphatic hydroxyl groups excluding tert-OH is 1. The minimum atomic E-state index is -0.835. The summed E-state index contributed by atoms with van der Waals surface area (Å²) in [5, 5.41) is 13.3. The van der Waals surface area contributed by atoms with Crippen molar-refractivity contribution >= 4 is 0 Å². The van der Waals surface area contributed by atoms with Crippen molar-refractivity contribution in [3.8, 4) is 11.1 Å². The van der Waals surface area contributed by atoms with Gasteiger partial charge in [0.15, 0.2) is 0 Å². The predicted molar refractivity (Wildman–Crippen MR) is 109 cm³/mol. The second-order valence-corrected chi connectivity index (χ2v) is 7.01. The Morgan fingerprint density at radius 1 is 0.963 bits per heavy atom. The molecule has 0 saturated heterocycles. The lowest BCUT2D eigenvalue weighted by Gasteiger charge is -2.13. The topological polar surface area (TPSA) is 32.3 Å². The molecule has 0 saturated carbocycles. The van der Waals surface area contributed by atoms with Gasteiger partial charge in [-0.3, -0.25) is 0 Å². The summed E-state index contributed by atoms with van der Waals surface area (Å²) in [7, 11) is 0. The molecule has 2 nitrogen and oxygen atoms in total. The van der Waals surface area contributed by atoms with Crippen LogP contribution in [0, 0.1) is 19.7 Å². The van der Waals surface area contributed by atoms with Crippen molar-refractivity contribution in [3.05, 3.63) is 94.8 Å². The fourth-order valence-electron chi connectivity index (χ4n) is 3.22. The highest BCUT2D eigenvalue weighted by molar-refractivity contribution is 5.68. The molecule has 0 heterocycles. The fourth-order valence-corrected chi connectivity index (χ4v) is 3.22. The summed E-state index contributed by atoms with van der Waals surface area (Å²) < 4.78 is 13.7. The summed E-state index contributed by atoms with van der Waals surface area (Å²) in [6, 6.07) is 21.5. The highest BCUT2D eigenvalue weighted by atomic mass is 19.1. The maximum absolute atomic E-state index is 13.7. The van der Waals surface area contributed by atoms with Crippen LogP contribution in [0.4, 0.5) is 4.39 Å². The van der Waals surface area contributed by atoms with Gasteiger partial charge in [0.1, 0.15) is 5.82 Å². The van der Waals surface area contributed by atoms with E-state index in [1.54, 1.807) is 18.2 Å². The van der Waals surface area contributed by atoms with Crippen LogP contribution in [-0.4, -0.2) is 18.2 Å². The Bertz CT molecular complexity index is 889. The monoisotopic (exact) mass is 363 g/mol. The molecule has 0 radical (unpaired) electrons. The van der Waals surface area contributed by atoms with Crippen LogP contribution in [0.25, 0.3) is 11.1 Å². The van der Waals surface area contributed by atoms with Gasteiger partial charge in [0.2, 0.25) is 0 Å². The molecule has 0 aliphatic carbocycles. The zero-order chi connectivity index (χ0) is 19.2. The maximum atomic E-state index is 13.7. The number of rotatable bonds is 7. The van der Waals surface area contributed by atoms with Crippen molar-refractivity contribution in [1.29, 1.82) is 0 Å². The van der Waals surface area contributed by atoms with Crippen molar-refractivity contribution in [2.45, 2.75) is 26.4 Å². The van der Waals surface area contributed by atoms with Gasteiger partial charge >= 0.3 is 0 Å². The van der Waals surface area contributed by atoms with Crippen molar-refractivity contribution < 1.29 is 9.50 Å². The van der Waals surface area contributed by atoms with Crippen LogP contribution in [0.5, 0.6) is 0 Å². The predicted octanol–water partition coefficient (Wildman–Crippen LogP) is 4.98. The van der Waals surface area contributed by atoms with E-state index in [0.717, 1.165) is 13.0 Å². The van der Waals surface area contributed by atoms with Gasteiger partial charge in [-0.05, 0) is 55.1 Å². The molecule has 0 spiro atoms. The molecule has 1 atom stereocenters. The van der Waals surface area contributed by atoms with Gasteiger partial charge in [0.25, 0.3) is 0 Å². The first-order chi connectivity index (χ1) is 13.0. The summed E-state index contributed by atoms with van der Waals surface area (Å²) in [6.07, 6.45) is 0.0229. The summed E-state index contributed by atoms with van der Waals surface area (Å²) in [4.78, 5) is 0. The molecule has 27 heavy (non-hydrogen) atoms. The average molecular weight is 363 g/mol. The van der Waals surface area contributed by atoms with E-state index in [2.05, 4.69) is 61.6 Å². The molecule has 0 amide bonds. The highest BCUT2D eigenvalue weighted by Crippen LogP contribution is 2.25. The van der Waals surface area contributed by atoms with Crippen LogP contribution in [0.2, 0.25) is 0 Å². The molecule has 1 unspecified atom stereocenters. The molecule has 0 fully saturated rings. The van der Waals surface area contributed by atoms with Gasteiger partial charge in [-0.2, -0.15) is 0 Å². The number of hydrogen-bond acceptors (Lipinski definition) is 2. The van der Waals surface area contributed by atoms with Gasteiger partial charge in [-0.1, -0.05) is 66.2 Å². The largest absolute Gasteiger partial charge is 0.387 e. The smallest absolute Gasteiger partial charge is 0.129 e. The van der Waals surface area contributed by atoms with Crippen molar-refractivity contribution in [1.82, 2.24) is 5.32 Å². The summed E-state index contributed by atoms with van der Waals surface area (Å²) in [5.41, 5.74) is 6.60. The normalized spacial score (nSPS) is 12.1. The Morgan fingerprint density at radius 3 is 2.44 bits per heavy atom.